The van der Waals surface area contributed by atoms with Crippen molar-refractivity contribution in [3.63, 3.8) is 0 Å². The number of alkyl halides is 3. The topological polar surface area (TPSA) is 52.7 Å². The largest absolute Gasteiger partial charge is 0.416 e. The molecular weight excluding hydrogens is 357 g/mol. The lowest BCUT2D eigenvalue weighted by molar-refractivity contribution is -0.137. The van der Waals surface area contributed by atoms with Crippen molar-refractivity contribution in [3.05, 3.63) is 88.6 Å². The molecule has 0 amide bonds. The number of rotatable bonds is 3. The van der Waals surface area contributed by atoms with Crippen molar-refractivity contribution in [3.8, 4) is 5.69 Å². The molecule has 0 unspecified atom stereocenters. The fraction of sp³-hybridized carbons (Fsp3) is 0.105. The van der Waals surface area contributed by atoms with E-state index in [1.54, 1.807) is 10.7 Å². The smallest absolute Gasteiger partial charge is 0.294 e. The highest BCUT2D eigenvalue weighted by molar-refractivity contribution is 5.74. The van der Waals surface area contributed by atoms with Gasteiger partial charge >= 0.3 is 6.18 Å². The van der Waals surface area contributed by atoms with E-state index in [0.717, 1.165) is 17.8 Å². The monoisotopic (exact) mass is 370 g/mol. The van der Waals surface area contributed by atoms with Crippen molar-refractivity contribution in [2.75, 3.05) is 0 Å². The molecule has 0 N–H and O–H groups in total. The molecule has 0 radical (unpaired) electrons. The van der Waals surface area contributed by atoms with Crippen molar-refractivity contribution >= 4 is 11.0 Å². The molecule has 0 aliphatic carbocycles. The molecule has 0 aliphatic heterocycles. The quantitative estimate of drug-likeness (QED) is 0.553. The van der Waals surface area contributed by atoms with E-state index in [-0.39, 0.29) is 12.1 Å². The first-order valence-corrected chi connectivity index (χ1v) is 8.08. The summed E-state index contributed by atoms with van der Waals surface area (Å²) in [6, 6.07) is 14.1. The molecule has 136 valence electrons. The van der Waals surface area contributed by atoms with Crippen LogP contribution in [0.4, 0.5) is 13.2 Å². The predicted octanol–water partition coefficient (Wildman–Crippen LogP) is 3.65. The van der Waals surface area contributed by atoms with Crippen LogP contribution in [0.2, 0.25) is 0 Å². The van der Waals surface area contributed by atoms with Crippen molar-refractivity contribution in [1.29, 1.82) is 0 Å². The Labute approximate surface area is 151 Å². The van der Waals surface area contributed by atoms with Gasteiger partial charge < -0.3 is 0 Å². The van der Waals surface area contributed by atoms with Gasteiger partial charge in [0.1, 0.15) is 11.7 Å². The SMILES string of the molecule is O=c1c2cnn(-c3ccccc3)c2ncn1Cc1cccc(C(F)(F)F)c1. The van der Waals surface area contributed by atoms with Crippen molar-refractivity contribution in [2.24, 2.45) is 0 Å². The van der Waals surface area contributed by atoms with Crippen LogP contribution in [-0.4, -0.2) is 19.3 Å². The minimum Gasteiger partial charge on any atom is -0.294 e. The molecule has 0 saturated heterocycles. The highest BCUT2D eigenvalue weighted by Gasteiger charge is 2.30. The molecule has 0 bridgehead atoms. The van der Waals surface area contributed by atoms with Gasteiger partial charge in [-0.3, -0.25) is 9.36 Å². The van der Waals surface area contributed by atoms with Gasteiger partial charge in [0.05, 0.1) is 24.0 Å². The summed E-state index contributed by atoms with van der Waals surface area (Å²) < 4.78 is 41.4. The lowest BCUT2D eigenvalue weighted by atomic mass is 10.1. The molecule has 0 atom stereocenters. The fourth-order valence-corrected chi connectivity index (χ4v) is 2.86. The van der Waals surface area contributed by atoms with Crippen LogP contribution in [0.1, 0.15) is 11.1 Å². The molecule has 0 saturated carbocycles. The van der Waals surface area contributed by atoms with E-state index in [1.807, 2.05) is 30.3 Å². The Balaban J connectivity index is 1.73. The molecule has 5 nitrogen and oxygen atoms in total. The van der Waals surface area contributed by atoms with Crippen molar-refractivity contribution < 1.29 is 13.2 Å². The second kappa shape index (κ2) is 6.39. The van der Waals surface area contributed by atoms with Crippen LogP contribution in [0, 0.1) is 0 Å². The van der Waals surface area contributed by atoms with Gasteiger partial charge in [-0.2, -0.15) is 18.3 Å². The summed E-state index contributed by atoms with van der Waals surface area (Å²) >= 11 is 0. The Morgan fingerprint density at radius 2 is 1.78 bits per heavy atom. The third-order valence-electron chi connectivity index (χ3n) is 4.16. The lowest BCUT2D eigenvalue weighted by Crippen LogP contribution is -2.21. The fourth-order valence-electron chi connectivity index (χ4n) is 2.86. The number of hydrogen-bond donors (Lipinski definition) is 0. The van der Waals surface area contributed by atoms with E-state index in [0.29, 0.717) is 16.6 Å². The minimum absolute atomic E-state index is 0.0117. The van der Waals surface area contributed by atoms with Crippen molar-refractivity contribution in [1.82, 2.24) is 19.3 Å². The summed E-state index contributed by atoms with van der Waals surface area (Å²) in [7, 11) is 0. The van der Waals surface area contributed by atoms with Crippen LogP contribution in [-0.2, 0) is 12.7 Å². The summed E-state index contributed by atoms with van der Waals surface area (Å²) in [5, 5.41) is 4.51. The Kier molecular flexibility index (Phi) is 4.02. The lowest BCUT2D eigenvalue weighted by Gasteiger charge is -2.10. The van der Waals surface area contributed by atoms with Crippen LogP contribution >= 0.6 is 0 Å². The first-order valence-electron chi connectivity index (χ1n) is 8.08. The van der Waals surface area contributed by atoms with Crippen molar-refractivity contribution in [2.45, 2.75) is 12.7 Å². The van der Waals surface area contributed by atoms with Crippen LogP contribution in [0.3, 0.4) is 0 Å². The van der Waals surface area contributed by atoms with Gasteiger partial charge in [-0.1, -0.05) is 30.3 Å². The Bertz CT molecular complexity index is 1160. The average molecular weight is 370 g/mol. The molecule has 0 spiro atoms. The zero-order valence-corrected chi connectivity index (χ0v) is 13.9. The van der Waals surface area contributed by atoms with E-state index in [2.05, 4.69) is 10.1 Å². The molecular formula is C19H13F3N4O. The standard InChI is InChI=1S/C19H13F3N4O/c20-19(21,22)14-6-4-5-13(9-14)11-25-12-23-17-16(18(25)27)10-24-26(17)15-7-2-1-3-8-15/h1-10,12H,11H2. The molecule has 4 aromatic rings. The van der Waals surface area contributed by atoms with Crippen LogP contribution in [0.5, 0.6) is 0 Å². The second-order valence-corrected chi connectivity index (χ2v) is 6.00. The third kappa shape index (κ3) is 3.21. The van der Waals surface area contributed by atoms with E-state index in [4.69, 9.17) is 0 Å². The number of aromatic nitrogens is 4. The van der Waals surface area contributed by atoms with Gasteiger partial charge in [0.15, 0.2) is 5.65 Å². The van der Waals surface area contributed by atoms with Crippen LogP contribution in [0.25, 0.3) is 16.7 Å². The van der Waals surface area contributed by atoms with Gasteiger partial charge in [-0.05, 0) is 29.8 Å². The number of nitrogens with zero attached hydrogens (tertiary/aromatic N) is 4. The number of hydrogen-bond acceptors (Lipinski definition) is 3. The summed E-state index contributed by atoms with van der Waals surface area (Å²) in [5.41, 5.74) is 0.406. The van der Waals surface area contributed by atoms with Gasteiger partial charge in [0.2, 0.25) is 0 Å². The maximum atomic E-state index is 12.9. The number of halogens is 3. The maximum absolute atomic E-state index is 12.9. The third-order valence-corrected chi connectivity index (χ3v) is 4.16. The summed E-state index contributed by atoms with van der Waals surface area (Å²) in [6.45, 7) is -0.0117. The number of benzene rings is 2. The van der Waals surface area contributed by atoms with Gasteiger partial charge in [0.25, 0.3) is 5.56 Å². The van der Waals surface area contributed by atoms with Crippen LogP contribution < -0.4 is 5.56 Å². The normalized spacial score (nSPS) is 11.8. The summed E-state index contributed by atoms with van der Waals surface area (Å²) in [6.07, 6.45) is -1.69. The van der Waals surface area contributed by atoms with Gasteiger partial charge in [-0.15, -0.1) is 0 Å². The zero-order valence-electron chi connectivity index (χ0n) is 13.9. The molecule has 0 fully saturated rings. The molecule has 0 aliphatic rings. The highest BCUT2D eigenvalue weighted by atomic mass is 19.4. The Hall–Kier alpha value is -3.42. The number of para-hydroxylation sites is 1. The second-order valence-electron chi connectivity index (χ2n) is 6.00. The van der Waals surface area contributed by atoms with E-state index in [9.17, 15) is 18.0 Å². The summed E-state index contributed by atoms with van der Waals surface area (Å²) in [5.74, 6) is 0. The van der Waals surface area contributed by atoms with E-state index < -0.39 is 11.7 Å². The first-order chi connectivity index (χ1) is 12.9. The number of fused-ring (bicyclic) bond motifs is 1. The molecule has 2 heterocycles. The van der Waals surface area contributed by atoms with Gasteiger partial charge in [-0.25, -0.2) is 9.67 Å². The minimum atomic E-state index is -4.43. The predicted molar refractivity (Wildman–Crippen MR) is 93.7 cm³/mol. The highest BCUT2D eigenvalue weighted by Crippen LogP contribution is 2.29. The average Bonchev–Trinajstić information content (AvgIpc) is 3.09. The molecule has 8 heteroatoms. The Morgan fingerprint density at radius 3 is 2.52 bits per heavy atom. The molecule has 27 heavy (non-hydrogen) atoms. The molecule has 4 rings (SSSR count). The Morgan fingerprint density at radius 1 is 1.00 bits per heavy atom. The van der Waals surface area contributed by atoms with E-state index >= 15 is 0 Å². The van der Waals surface area contributed by atoms with E-state index in [1.165, 1.54) is 23.2 Å². The maximum Gasteiger partial charge on any atom is 0.416 e. The van der Waals surface area contributed by atoms with Crippen LogP contribution in [0.15, 0.2) is 71.9 Å². The zero-order chi connectivity index (χ0) is 19.0. The van der Waals surface area contributed by atoms with Gasteiger partial charge in [0, 0.05) is 0 Å². The summed E-state index contributed by atoms with van der Waals surface area (Å²) in [4.78, 5) is 17.0. The molecule has 2 aromatic heterocycles. The first kappa shape index (κ1) is 17.0. The molecule has 2 aromatic carbocycles.